The van der Waals surface area contributed by atoms with Gasteiger partial charge in [-0.2, -0.15) is 0 Å². The minimum atomic E-state index is -1.56. The lowest BCUT2D eigenvalue weighted by Crippen LogP contribution is -2.36. The van der Waals surface area contributed by atoms with Crippen molar-refractivity contribution >= 4 is 5.97 Å². The maximum absolute atomic E-state index is 11.2. The molecule has 0 radical (unpaired) electrons. The Morgan fingerprint density at radius 1 is 1.92 bits per heavy atom. The highest BCUT2D eigenvalue weighted by molar-refractivity contribution is 5.83. The van der Waals surface area contributed by atoms with Gasteiger partial charge >= 0.3 is 5.97 Å². The van der Waals surface area contributed by atoms with E-state index >= 15 is 0 Å². The average Bonchev–Trinajstić information content (AvgIpc) is 2.46. The summed E-state index contributed by atoms with van der Waals surface area (Å²) < 4.78 is 28.8. The molecule has 0 aromatic rings. The third kappa shape index (κ3) is 1.04. The van der Waals surface area contributed by atoms with Crippen LogP contribution < -0.4 is 0 Å². The molecule has 13 heavy (non-hydrogen) atoms. The van der Waals surface area contributed by atoms with Crippen molar-refractivity contribution in [1.82, 2.24) is 0 Å². The van der Waals surface area contributed by atoms with Crippen LogP contribution in [0, 0.1) is 17.2 Å². The molecular weight excluding hydrogens is 164 g/mol. The zero-order valence-electron chi connectivity index (χ0n) is 11.2. The SMILES string of the molecule is [2H]C1([2H])/C(=C\C(=O)OC)[C@]2(C)C[C@H]1[C@]2([2H])C. The number of carbonyl (C=O) groups excluding carboxylic acids is 1. The van der Waals surface area contributed by atoms with Gasteiger partial charge in [-0.25, -0.2) is 4.79 Å². The third-order valence-electron chi connectivity index (χ3n) is 3.39. The molecule has 0 heterocycles. The lowest BCUT2D eigenvalue weighted by molar-refractivity contribution is -0.135. The summed E-state index contributed by atoms with van der Waals surface area (Å²) in [6.07, 6.45) is 0.321. The standard InChI is InChI=1S/C11H16O2/c1-7-8-4-9(5-10(12)13-3)11(7,2)6-8/h5,7-8H,4,6H2,1-3H3/b9-5+/t7-,8-,11+/m0/s1/i4D2,7D. The van der Waals surface area contributed by atoms with Crippen LogP contribution in [0.25, 0.3) is 0 Å². The van der Waals surface area contributed by atoms with Crippen LogP contribution in [0.15, 0.2) is 11.6 Å². The Kier molecular flexibility index (Phi) is 1.17. The molecule has 0 N–H and O–H groups in total. The second-order valence-corrected chi connectivity index (χ2v) is 4.00. The van der Waals surface area contributed by atoms with Crippen molar-refractivity contribution in [2.75, 3.05) is 7.11 Å². The van der Waals surface area contributed by atoms with Crippen LogP contribution in [0.2, 0.25) is 0 Å². The molecule has 0 spiro atoms. The van der Waals surface area contributed by atoms with Gasteiger partial charge < -0.3 is 4.74 Å². The van der Waals surface area contributed by atoms with E-state index in [1.807, 2.05) is 6.92 Å². The summed E-state index contributed by atoms with van der Waals surface area (Å²) in [7, 11) is 1.27. The first kappa shape index (κ1) is 5.84. The van der Waals surface area contributed by atoms with E-state index in [0.29, 0.717) is 12.0 Å². The van der Waals surface area contributed by atoms with Crippen molar-refractivity contribution in [2.45, 2.75) is 26.6 Å². The average molecular weight is 183 g/mol. The third-order valence-corrected chi connectivity index (χ3v) is 3.39. The Bertz CT molecular complexity index is 387. The van der Waals surface area contributed by atoms with E-state index in [1.165, 1.54) is 13.2 Å². The molecule has 3 saturated carbocycles. The zero-order chi connectivity index (χ0) is 12.4. The molecule has 2 heteroatoms. The van der Waals surface area contributed by atoms with Crippen molar-refractivity contribution in [3.63, 3.8) is 0 Å². The number of carbonyl (C=O) groups is 1. The number of esters is 1. The quantitative estimate of drug-likeness (QED) is 0.460. The smallest absolute Gasteiger partial charge is 0.330 e. The normalized spacial score (nSPS) is 57.6. The fraction of sp³-hybridized carbons (Fsp3) is 0.727. The fourth-order valence-corrected chi connectivity index (χ4v) is 2.18. The van der Waals surface area contributed by atoms with Gasteiger partial charge in [0.05, 0.1) is 7.11 Å². The van der Waals surface area contributed by atoms with Crippen molar-refractivity contribution < 1.29 is 13.6 Å². The van der Waals surface area contributed by atoms with Gasteiger partial charge in [0, 0.05) is 10.2 Å². The molecule has 0 aromatic heterocycles. The van der Waals surface area contributed by atoms with E-state index in [9.17, 15) is 4.79 Å². The van der Waals surface area contributed by atoms with Crippen LogP contribution in [-0.4, -0.2) is 13.1 Å². The molecular formula is C11H16O2. The summed E-state index contributed by atoms with van der Waals surface area (Å²) in [5.41, 5.74) is -0.107. The number of rotatable bonds is 1. The van der Waals surface area contributed by atoms with E-state index in [4.69, 9.17) is 4.11 Å². The summed E-state index contributed by atoms with van der Waals surface area (Å²) in [5, 5.41) is 0. The van der Waals surface area contributed by atoms with Gasteiger partial charge in [-0.15, -0.1) is 0 Å². The first-order valence-electron chi connectivity index (χ1n) is 5.98. The Morgan fingerprint density at radius 2 is 2.62 bits per heavy atom. The molecule has 72 valence electrons. The van der Waals surface area contributed by atoms with E-state index in [1.54, 1.807) is 6.92 Å². The molecule has 3 aliphatic rings. The van der Waals surface area contributed by atoms with E-state index in [-0.39, 0.29) is 5.92 Å². The number of fused-ring (bicyclic) bond motifs is 1. The second kappa shape index (κ2) is 2.60. The molecule has 2 bridgehead atoms. The zero-order valence-corrected chi connectivity index (χ0v) is 8.18. The first-order valence-corrected chi connectivity index (χ1v) is 4.48. The Hall–Kier alpha value is -0.790. The van der Waals surface area contributed by atoms with Crippen LogP contribution in [0.3, 0.4) is 0 Å². The van der Waals surface area contributed by atoms with Crippen LogP contribution in [-0.2, 0) is 9.53 Å². The summed E-state index contributed by atoms with van der Waals surface area (Å²) >= 11 is 0. The van der Waals surface area contributed by atoms with E-state index in [2.05, 4.69) is 4.74 Å². The lowest BCUT2D eigenvalue weighted by Gasteiger charge is -2.43. The molecule has 0 aliphatic heterocycles. The topological polar surface area (TPSA) is 26.3 Å². The molecule has 3 aliphatic carbocycles. The summed E-state index contributed by atoms with van der Waals surface area (Å²) in [5.74, 6) is -1.68. The minimum absolute atomic E-state index is 0.319. The minimum Gasteiger partial charge on any atom is -0.466 e. The molecule has 0 saturated heterocycles. The molecule has 3 atom stereocenters. The molecule has 2 nitrogen and oxygen atoms in total. The Balaban J connectivity index is 2.48. The van der Waals surface area contributed by atoms with Crippen LogP contribution in [0.1, 0.15) is 30.8 Å². The van der Waals surface area contributed by atoms with Crippen LogP contribution in [0.5, 0.6) is 0 Å². The molecule has 0 amide bonds. The van der Waals surface area contributed by atoms with Gasteiger partial charge in [0.15, 0.2) is 0 Å². The maximum Gasteiger partial charge on any atom is 0.330 e. The predicted molar refractivity (Wildman–Crippen MR) is 50.1 cm³/mol. The van der Waals surface area contributed by atoms with Crippen molar-refractivity contribution in [2.24, 2.45) is 17.2 Å². The Morgan fingerprint density at radius 3 is 3.00 bits per heavy atom. The number of allylic oxidation sites excluding steroid dienone is 1. The van der Waals surface area contributed by atoms with Gasteiger partial charge in [0.2, 0.25) is 0 Å². The van der Waals surface area contributed by atoms with Crippen LogP contribution in [0.4, 0.5) is 0 Å². The summed E-state index contributed by atoms with van der Waals surface area (Å²) in [6.45, 7) is 3.60. The predicted octanol–water partition coefficient (Wildman–Crippen LogP) is 2.15. The monoisotopic (exact) mass is 183 g/mol. The van der Waals surface area contributed by atoms with Gasteiger partial charge in [0.1, 0.15) is 0 Å². The summed E-state index contributed by atoms with van der Waals surface area (Å²) in [4.78, 5) is 11.2. The van der Waals surface area contributed by atoms with Crippen molar-refractivity contribution in [3.8, 4) is 0 Å². The number of ether oxygens (including phenoxy) is 1. The lowest BCUT2D eigenvalue weighted by atomic mass is 9.61. The van der Waals surface area contributed by atoms with E-state index in [0.717, 1.165) is 0 Å². The summed E-state index contributed by atoms with van der Waals surface area (Å²) in [6, 6.07) is 0. The van der Waals surface area contributed by atoms with Crippen molar-refractivity contribution in [1.29, 1.82) is 0 Å². The maximum atomic E-state index is 11.2. The van der Waals surface area contributed by atoms with Crippen LogP contribution >= 0.6 is 0 Å². The second-order valence-electron chi connectivity index (χ2n) is 4.00. The molecule has 3 fully saturated rings. The fourth-order valence-electron chi connectivity index (χ4n) is 2.18. The highest BCUT2D eigenvalue weighted by Crippen LogP contribution is 2.65. The number of hydrogen-bond acceptors (Lipinski definition) is 2. The first-order chi connectivity index (χ1) is 7.18. The molecule has 0 aromatic carbocycles. The number of hydrogen-bond donors (Lipinski definition) is 0. The van der Waals surface area contributed by atoms with Crippen molar-refractivity contribution in [3.05, 3.63) is 11.6 Å². The molecule has 3 rings (SSSR count). The van der Waals surface area contributed by atoms with Gasteiger partial charge in [0.25, 0.3) is 0 Å². The highest BCUT2D eigenvalue weighted by atomic mass is 16.5. The van der Waals surface area contributed by atoms with Gasteiger partial charge in [-0.1, -0.05) is 19.4 Å². The van der Waals surface area contributed by atoms with E-state index < -0.39 is 23.7 Å². The highest BCUT2D eigenvalue weighted by Gasteiger charge is 2.56. The largest absolute Gasteiger partial charge is 0.466 e. The molecule has 0 unspecified atom stereocenters. The number of methoxy groups -OCH3 is 1. The van der Waals surface area contributed by atoms with Gasteiger partial charge in [-0.3, -0.25) is 0 Å². The Labute approximate surface area is 83.2 Å². The van der Waals surface area contributed by atoms with Gasteiger partial charge in [-0.05, 0) is 30.0 Å².